The lowest BCUT2D eigenvalue weighted by Crippen LogP contribution is -2.12. The molecule has 0 radical (unpaired) electrons. The molecule has 0 heterocycles. The van der Waals surface area contributed by atoms with E-state index in [0.29, 0.717) is 0 Å². The zero-order valence-electron chi connectivity index (χ0n) is 10.3. The van der Waals surface area contributed by atoms with E-state index in [4.69, 9.17) is 10.00 Å². The average molecular weight is 271 g/mol. The van der Waals surface area contributed by atoms with Gasteiger partial charge in [-0.25, -0.2) is 4.79 Å². The van der Waals surface area contributed by atoms with Crippen LogP contribution in [-0.2, 0) is 17.3 Å². The lowest BCUT2D eigenvalue weighted by Gasteiger charge is -2.13. The van der Waals surface area contributed by atoms with E-state index >= 15 is 0 Å². The number of nitrogens with zero attached hydrogens (tertiary/aromatic N) is 1. The Morgan fingerprint density at radius 2 is 2.11 bits per heavy atom. The van der Waals surface area contributed by atoms with Gasteiger partial charge >= 0.3 is 12.1 Å². The van der Waals surface area contributed by atoms with E-state index in [1.807, 2.05) is 0 Å². The van der Waals surface area contributed by atoms with Crippen LogP contribution in [0.2, 0.25) is 0 Å². The van der Waals surface area contributed by atoms with Crippen molar-refractivity contribution in [1.29, 1.82) is 5.26 Å². The summed E-state index contributed by atoms with van der Waals surface area (Å²) in [7, 11) is 0. The second-order valence-corrected chi connectivity index (χ2v) is 3.75. The Morgan fingerprint density at radius 3 is 2.63 bits per heavy atom. The minimum absolute atomic E-state index is 0.0463. The summed E-state index contributed by atoms with van der Waals surface area (Å²) in [4.78, 5) is 11.5. The Kier molecular flexibility index (Phi) is 4.93. The third-order valence-electron chi connectivity index (χ3n) is 2.43. The minimum atomic E-state index is -4.50. The third kappa shape index (κ3) is 3.98. The second kappa shape index (κ2) is 6.23. The Labute approximate surface area is 108 Å². The molecule has 0 aliphatic rings. The van der Waals surface area contributed by atoms with Crippen molar-refractivity contribution in [3.05, 3.63) is 34.9 Å². The molecule has 0 fully saturated rings. The van der Waals surface area contributed by atoms with Gasteiger partial charge in [0, 0.05) is 6.42 Å². The minimum Gasteiger partial charge on any atom is -0.462 e. The number of aryl methyl sites for hydroxylation is 1. The molecule has 0 aliphatic heterocycles. The fourth-order valence-corrected chi connectivity index (χ4v) is 1.61. The van der Waals surface area contributed by atoms with E-state index in [2.05, 4.69) is 0 Å². The second-order valence-electron chi connectivity index (χ2n) is 3.75. The third-order valence-corrected chi connectivity index (χ3v) is 2.43. The molecule has 0 saturated carbocycles. The summed E-state index contributed by atoms with van der Waals surface area (Å²) in [5, 5.41) is 8.46. The first-order valence-electron chi connectivity index (χ1n) is 5.64. The van der Waals surface area contributed by atoms with Crippen LogP contribution in [0, 0.1) is 11.3 Å². The van der Waals surface area contributed by atoms with E-state index in [1.165, 1.54) is 0 Å². The van der Waals surface area contributed by atoms with E-state index in [0.717, 1.165) is 18.2 Å². The number of hydrogen-bond acceptors (Lipinski definition) is 3. The van der Waals surface area contributed by atoms with Crippen LogP contribution in [0.25, 0.3) is 0 Å². The van der Waals surface area contributed by atoms with Crippen molar-refractivity contribution in [3.63, 3.8) is 0 Å². The molecule has 1 aromatic rings. The first-order chi connectivity index (χ1) is 8.90. The molecule has 0 saturated heterocycles. The van der Waals surface area contributed by atoms with Crippen LogP contribution in [0.1, 0.15) is 34.8 Å². The summed E-state index contributed by atoms with van der Waals surface area (Å²) in [6.07, 6.45) is -4.61. The molecule has 1 rings (SSSR count). The summed E-state index contributed by atoms with van der Waals surface area (Å²) in [6, 6.07) is 4.85. The molecule has 6 heteroatoms. The molecule has 102 valence electrons. The Balaban J connectivity index is 3.15. The first kappa shape index (κ1) is 15.0. The molecule has 0 spiro atoms. The Hall–Kier alpha value is -2.03. The van der Waals surface area contributed by atoms with Crippen LogP contribution in [0.3, 0.4) is 0 Å². The van der Waals surface area contributed by atoms with Crippen molar-refractivity contribution in [1.82, 2.24) is 0 Å². The highest BCUT2D eigenvalue weighted by Gasteiger charge is 2.33. The maximum atomic E-state index is 12.8. The van der Waals surface area contributed by atoms with Crippen molar-refractivity contribution < 1.29 is 22.7 Å². The lowest BCUT2D eigenvalue weighted by molar-refractivity contribution is -0.138. The van der Waals surface area contributed by atoms with Crippen LogP contribution in [0.15, 0.2) is 18.2 Å². The Bertz CT molecular complexity index is 504. The Morgan fingerprint density at radius 1 is 1.42 bits per heavy atom. The largest absolute Gasteiger partial charge is 0.462 e. The molecule has 1 aromatic carbocycles. The van der Waals surface area contributed by atoms with Gasteiger partial charge in [0.25, 0.3) is 0 Å². The zero-order chi connectivity index (χ0) is 14.5. The van der Waals surface area contributed by atoms with Crippen molar-refractivity contribution in [2.45, 2.75) is 25.9 Å². The number of nitriles is 1. The van der Waals surface area contributed by atoms with Crippen molar-refractivity contribution in [3.8, 4) is 6.07 Å². The standard InChI is InChI=1S/C13H12F3NO2/c1-2-19-12(18)10-5-6-11(13(14,15)16)9(8-10)4-3-7-17/h5-6,8H,2-4H2,1H3. The number of ether oxygens (including phenoxy) is 1. The maximum absolute atomic E-state index is 12.8. The maximum Gasteiger partial charge on any atom is 0.416 e. The van der Waals surface area contributed by atoms with Crippen LogP contribution in [0.4, 0.5) is 13.2 Å². The fraction of sp³-hybridized carbons (Fsp3) is 0.385. The molecule has 0 atom stereocenters. The van der Waals surface area contributed by atoms with Gasteiger partial charge < -0.3 is 4.74 Å². The summed E-state index contributed by atoms with van der Waals surface area (Å²) >= 11 is 0. The predicted octanol–water partition coefficient (Wildman–Crippen LogP) is 3.34. The number of halogens is 3. The van der Waals surface area contributed by atoms with Gasteiger partial charge in [0.15, 0.2) is 0 Å². The summed E-state index contributed by atoms with van der Waals surface area (Å²) < 4.78 is 43.0. The molecule has 19 heavy (non-hydrogen) atoms. The lowest BCUT2D eigenvalue weighted by atomic mass is 9.99. The van der Waals surface area contributed by atoms with Gasteiger partial charge in [-0.1, -0.05) is 0 Å². The molecule has 0 amide bonds. The molecule has 0 aliphatic carbocycles. The highest BCUT2D eigenvalue weighted by atomic mass is 19.4. The van der Waals surface area contributed by atoms with Crippen LogP contribution >= 0.6 is 0 Å². The van der Waals surface area contributed by atoms with E-state index in [9.17, 15) is 18.0 Å². The van der Waals surface area contributed by atoms with Crippen molar-refractivity contribution in [2.24, 2.45) is 0 Å². The van der Waals surface area contributed by atoms with E-state index in [1.54, 1.807) is 13.0 Å². The number of carbonyl (C=O) groups is 1. The van der Waals surface area contributed by atoms with E-state index < -0.39 is 17.7 Å². The van der Waals surface area contributed by atoms with Gasteiger partial charge in [-0.2, -0.15) is 18.4 Å². The normalized spacial score (nSPS) is 10.9. The van der Waals surface area contributed by atoms with Gasteiger partial charge in [-0.15, -0.1) is 0 Å². The first-order valence-corrected chi connectivity index (χ1v) is 5.64. The monoisotopic (exact) mass is 271 g/mol. The van der Waals surface area contributed by atoms with Gasteiger partial charge in [0.2, 0.25) is 0 Å². The van der Waals surface area contributed by atoms with Crippen molar-refractivity contribution in [2.75, 3.05) is 6.61 Å². The molecular weight excluding hydrogens is 259 g/mol. The molecule has 0 aromatic heterocycles. The number of esters is 1. The number of benzene rings is 1. The van der Waals surface area contributed by atoms with E-state index in [-0.39, 0.29) is 30.6 Å². The smallest absolute Gasteiger partial charge is 0.416 e. The number of hydrogen-bond donors (Lipinski definition) is 0. The summed E-state index contributed by atoms with van der Waals surface area (Å²) in [5.74, 6) is -0.672. The van der Waals surface area contributed by atoms with Gasteiger partial charge in [-0.05, 0) is 37.1 Å². The summed E-state index contributed by atoms with van der Waals surface area (Å²) in [6.45, 7) is 1.76. The number of carbonyl (C=O) groups excluding carboxylic acids is 1. The fourth-order valence-electron chi connectivity index (χ4n) is 1.61. The van der Waals surface area contributed by atoms with Crippen LogP contribution in [0.5, 0.6) is 0 Å². The molecule has 0 bridgehead atoms. The molecule has 0 N–H and O–H groups in total. The van der Waals surface area contributed by atoms with Crippen LogP contribution < -0.4 is 0 Å². The quantitative estimate of drug-likeness (QED) is 0.789. The predicted molar refractivity (Wildman–Crippen MR) is 61.3 cm³/mol. The highest BCUT2D eigenvalue weighted by Crippen LogP contribution is 2.33. The molecule has 0 unspecified atom stereocenters. The number of alkyl halides is 3. The molecule has 3 nitrogen and oxygen atoms in total. The van der Waals surface area contributed by atoms with Crippen LogP contribution in [-0.4, -0.2) is 12.6 Å². The van der Waals surface area contributed by atoms with Gasteiger partial charge in [0.1, 0.15) is 0 Å². The number of rotatable bonds is 4. The zero-order valence-corrected chi connectivity index (χ0v) is 10.3. The van der Waals surface area contributed by atoms with Gasteiger partial charge in [0.05, 0.1) is 23.8 Å². The summed E-state index contributed by atoms with van der Waals surface area (Å²) in [5.41, 5.74) is -0.835. The SMILES string of the molecule is CCOC(=O)c1ccc(C(F)(F)F)c(CCC#N)c1. The average Bonchev–Trinajstić information content (AvgIpc) is 2.35. The van der Waals surface area contributed by atoms with Gasteiger partial charge in [-0.3, -0.25) is 0 Å². The van der Waals surface area contributed by atoms with Crippen molar-refractivity contribution >= 4 is 5.97 Å². The molecular formula is C13H12F3NO2. The topological polar surface area (TPSA) is 50.1 Å². The highest BCUT2D eigenvalue weighted by molar-refractivity contribution is 5.89.